The molecule has 5 heteroatoms. The van der Waals surface area contributed by atoms with E-state index >= 15 is 0 Å². The van der Waals surface area contributed by atoms with Crippen LogP contribution in [0.3, 0.4) is 0 Å². The number of pyridine rings is 1. The average molecular weight is 370 g/mol. The van der Waals surface area contributed by atoms with Crippen LogP contribution >= 0.6 is 0 Å². The number of nitrogens with zero attached hydrogens (tertiary/aromatic N) is 4. The van der Waals surface area contributed by atoms with Crippen molar-refractivity contribution < 1.29 is 4.79 Å². The minimum atomic E-state index is 0.190. The van der Waals surface area contributed by atoms with Crippen LogP contribution in [-0.2, 0) is 11.2 Å². The number of carbonyl (C=O) groups is 1. The molecule has 1 atom stereocenters. The number of hydrogen-bond acceptors (Lipinski definition) is 3. The average Bonchev–Trinajstić information content (AvgIpc) is 3.18. The van der Waals surface area contributed by atoms with Gasteiger partial charge in [0.15, 0.2) is 5.65 Å². The van der Waals surface area contributed by atoms with Crippen molar-refractivity contribution in [2.24, 2.45) is 0 Å². The van der Waals surface area contributed by atoms with E-state index in [4.69, 9.17) is 0 Å². The van der Waals surface area contributed by atoms with Gasteiger partial charge in [0.25, 0.3) is 0 Å². The van der Waals surface area contributed by atoms with E-state index in [1.54, 1.807) is 0 Å². The fourth-order valence-electron chi connectivity index (χ4n) is 4.27. The van der Waals surface area contributed by atoms with Crippen LogP contribution in [0.1, 0.15) is 30.1 Å². The maximum atomic E-state index is 13.1. The van der Waals surface area contributed by atoms with E-state index in [9.17, 15) is 4.79 Å². The molecule has 0 radical (unpaired) electrons. The molecule has 1 fully saturated rings. The summed E-state index contributed by atoms with van der Waals surface area (Å²) in [6, 6.07) is 20.4. The molecular weight excluding hydrogens is 348 g/mol. The summed E-state index contributed by atoms with van der Waals surface area (Å²) in [7, 11) is 0. The number of amides is 1. The highest BCUT2D eigenvalue weighted by Gasteiger charge is 2.28. The van der Waals surface area contributed by atoms with E-state index in [0.29, 0.717) is 13.0 Å². The van der Waals surface area contributed by atoms with Gasteiger partial charge in [-0.05, 0) is 41.3 Å². The molecular formula is C23H22N4O. The van der Waals surface area contributed by atoms with Crippen LogP contribution < -0.4 is 0 Å². The predicted octanol–water partition coefficient (Wildman–Crippen LogP) is 3.83. The monoisotopic (exact) mass is 370 g/mol. The summed E-state index contributed by atoms with van der Waals surface area (Å²) in [4.78, 5) is 15.1. The van der Waals surface area contributed by atoms with Gasteiger partial charge in [0.1, 0.15) is 5.82 Å². The summed E-state index contributed by atoms with van der Waals surface area (Å²) in [5.41, 5.74) is 1.95. The third-order valence-corrected chi connectivity index (χ3v) is 5.70. The van der Waals surface area contributed by atoms with E-state index in [1.807, 2.05) is 51.9 Å². The zero-order valence-corrected chi connectivity index (χ0v) is 15.7. The van der Waals surface area contributed by atoms with Gasteiger partial charge in [0.2, 0.25) is 5.91 Å². The maximum Gasteiger partial charge on any atom is 0.227 e. The van der Waals surface area contributed by atoms with Crippen molar-refractivity contribution in [1.82, 2.24) is 19.5 Å². The Bertz CT molecular complexity index is 1140. The first-order chi connectivity index (χ1) is 13.8. The lowest BCUT2D eigenvalue weighted by molar-refractivity contribution is -0.131. The summed E-state index contributed by atoms with van der Waals surface area (Å²) in [5.74, 6) is 1.37. The Hall–Kier alpha value is -3.21. The van der Waals surface area contributed by atoms with Crippen molar-refractivity contribution in [1.29, 1.82) is 0 Å². The summed E-state index contributed by atoms with van der Waals surface area (Å²) >= 11 is 0. The largest absolute Gasteiger partial charge is 0.342 e. The lowest BCUT2D eigenvalue weighted by atomic mass is 9.96. The molecule has 2 aromatic carbocycles. The van der Waals surface area contributed by atoms with E-state index in [2.05, 4.69) is 34.5 Å². The van der Waals surface area contributed by atoms with Crippen LogP contribution in [0, 0.1) is 0 Å². The van der Waals surface area contributed by atoms with Crippen molar-refractivity contribution in [3.05, 3.63) is 78.2 Å². The number of aromatic nitrogens is 3. The number of hydrogen-bond donors (Lipinski definition) is 0. The Morgan fingerprint density at radius 1 is 1.00 bits per heavy atom. The van der Waals surface area contributed by atoms with Gasteiger partial charge in [-0.2, -0.15) is 0 Å². The van der Waals surface area contributed by atoms with Crippen molar-refractivity contribution in [3.8, 4) is 0 Å². The molecule has 28 heavy (non-hydrogen) atoms. The smallest absolute Gasteiger partial charge is 0.227 e. The molecule has 2 aromatic heterocycles. The highest BCUT2D eigenvalue weighted by molar-refractivity contribution is 5.90. The summed E-state index contributed by atoms with van der Waals surface area (Å²) in [6.45, 7) is 1.52. The number of benzene rings is 2. The topological polar surface area (TPSA) is 50.5 Å². The Kier molecular flexibility index (Phi) is 4.28. The first-order valence-electron chi connectivity index (χ1n) is 9.84. The van der Waals surface area contributed by atoms with Gasteiger partial charge < -0.3 is 4.90 Å². The second-order valence-corrected chi connectivity index (χ2v) is 7.48. The second-order valence-electron chi connectivity index (χ2n) is 7.48. The number of likely N-dealkylation sites (tertiary alicyclic amines) is 1. The van der Waals surface area contributed by atoms with Crippen LogP contribution in [0.15, 0.2) is 66.9 Å². The first-order valence-corrected chi connectivity index (χ1v) is 9.84. The molecule has 3 heterocycles. The lowest BCUT2D eigenvalue weighted by Crippen LogP contribution is -2.40. The summed E-state index contributed by atoms with van der Waals surface area (Å²) < 4.78 is 2.04. The van der Waals surface area contributed by atoms with Gasteiger partial charge in [-0.25, -0.2) is 0 Å². The molecule has 4 aromatic rings. The molecule has 1 aliphatic rings. The van der Waals surface area contributed by atoms with Crippen LogP contribution in [0.5, 0.6) is 0 Å². The van der Waals surface area contributed by atoms with Crippen LogP contribution in [-0.4, -0.2) is 38.5 Å². The maximum absolute atomic E-state index is 13.1. The fraction of sp³-hybridized carbons (Fsp3) is 0.261. The standard InChI is InChI=1S/C23H22N4O/c28-22(15-18-9-5-8-17-7-1-2-11-20(17)18)26-13-6-10-19(16-26)23-25-24-21-12-3-4-14-27(21)23/h1-5,7-9,11-12,14,19H,6,10,13,15-16H2. The van der Waals surface area contributed by atoms with Crippen molar-refractivity contribution in [2.45, 2.75) is 25.2 Å². The van der Waals surface area contributed by atoms with Gasteiger partial charge in [0.05, 0.1) is 6.42 Å². The molecule has 0 bridgehead atoms. The van der Waals surface area contributed by atoms with E-state index < -0.39 is 0 Å². The van der Waals surface area contributed by atoms with Crippen molar-refractivity contribution in [2.75, 3.05) is 13.1 Å². The third-order valence-electron chi connectivity index (χ3n) is 5.70. The minimum absolute atomic E-state index is 0.190. The number of carbonyl (C=O) groups excluding carboxylic acids is 1. The van der Waals surface area contributed by atoms with Gasteiger partial charge >= 0.3 is 0 Å². The SMILES string of the molecule is O=C(Cc1cccc2ccccc12)N1CCCC(c2nnc3ccccn23)C1. The number of piperidine rings is 1. The zero-order valence-electron chi connectivity index (χ0n) is 15.7. The van der Waals surface area contributed by atoms with E-state index in [1.165, 1.54) is 5.39 Å². The van der Waals surface area contributed by atoms with E-state index in [0.717, 1.165) is 41.8 Å². The first kappa shape index (κ1) is 16.9. The third kappa shape index (κ3) is 3.03. The Morgan fingerprint density at radius 2 is 1.86 bits per heavy atom. The molecule has 5 rings (SSSR count). The minimum Gasteiger partial charge on any atom is -0.342 e. The molecule has 0 aliphatic carbocycles. The molecule has 1 aliphatic heterocycles. The zero-order chi connectivity index (χ0) is 18.9. The molecule has 5 nitrogen and oxygen atoms in total. The molecule has 140 valence electrons. The lowest BCUT2D eigenvalue weighted by Gasteiger charge is -2.32. The highest BCUT2D eigenvalue weighted by Crippen LogP contribution is 2.27. The van der Waals surface area contributed by atoms with Crippen molar-refractivity contribution >= 4 is 22.3 Å². The quantitative estimate of drug-likeness (QED) is 0.551. The van der Waals surface area contributed by atoms with Crippen molar-refractivity contribution in [3.63, 3.8) is 0 Å². The Labute approximate surface area is 163 Å². The predicted molar refractivity (Wildman–Crippen MR) is 109 cm³/mol. The molecule has 1 amide bonds. The Balaban J connectivity index is 1.37. The van der Waals surface area contributed by atoms with E-state index in [-0.39, 0.29) is 11.8 Å². The van der Waals surface area contributed by atoms with Crippen LogP contribution in [0.2, 0.25) is 0 Å². The van der Waals surface area contributed by atoms with Crippen LogP contribution in [0.25, 0.3) is 16.4 Å². The highest BCUT2D eigenvalue weighted by atomic mass is 16.2. The normalized spacial score (nSPS) is 17.3. The molecule has 0 saturated carbocycles. The van der Waals surface area contributed by atoms with Gasteiger partial charge in [-0.1, -0.05) is 48.5 Å². The summed E-state index contributed by atoms with van der Waals surface area (Å²) in [5, 5.41) is 11.0. The molecule has 0 N–H and O–H groups in total. The van der Waals surface area contributed by atoms with Gasteiger partial charge in [0, 0.05) is 25.2 Å². The summed E-state index contributed by atoms with van der Waals surface area (Å²) in [6.07, 6.45) is 4.47. The fourth-order valence-corrected chi connectivity index (χ4v) is 4.27. The molecule has 1 saturated heterocycles. The Morgan fingerprint density at radius 3 is 2.82 bits per heavy atom. The second kappa shape index (κ2) is 7.08. The molecule has 0 spiro atoms. The number of fused-ring (bicyclic) bond motifs is 2. The van der Waals surface area contributed by atoms with Gasteiger partial charge in [-0.15, -0.1) is 10.2 Å². The number of rotatable bonds is 3. The van der Waals surface area contributed by atoms with Crippen LogP contribution in [0.4, 0.5) is 0 Å². The van der Waals surface area contributed by atoms with Gasteiger partial charge in [-0.3, -0.25) is 9.20 Å². The molecule has 1 unspecified atom stereocenters.